The van der Waals surface area contributed by atoms with Gasteiger partial charge in [-0.2, -0.15) is 0 Å². The van der Waals surface area contributed by atoms with Crippen LogP contribution < -0.4 is 5.32 Å². The highest BCUT2D eigenvalue weighted by atomic mass is 19.2. The van der Waals surface area contributed by atoms with E-state index >= 15 is 0 Å². The Bertz CT molecular complexity index is 565. The number of carboxylic acids is 1. The monoisotopic (exact) mass is 298 g/mol. The molecule has 5 nitrogen and oxygen atoms in total. The van der Waals surface area contributed by atoms with Gasteiger partial charge in [-0.1, -0.05) is 0 Å². The molecular formula is C14H16F2N2O3. The molecule has 1 aliphatic rings. The number of nitrogens with one attached hydrogen (secondary N) is 1. The van der Waals surface area contributed by atoms with Crippen LogP contribution >= 0.6 is 0 Å². The first-order valence-electron chi connectivity index (χ1n) is 6.60. The topological polar surface area (TPSA) is 69.6 Å². The second-order valence-corrected chi connectivity index (χ2v) is 5.12. The van der Waals surface area contributed by atoms with E-state index in [4.69, 9.17) is 5.11 Å². The van der Waals surface area contributed by atoms with Gasteiger partial charge in [-0.25, -0.2) is 8.78 Å². The molecule has 1 amide bonds. The molecular weight excluding hydrogens is 282 g/mol. The number of aliphatic carboxylic acids is 1. The quantitative estimate of drug-likeness (QED) is 0.887. The van der Waals surface area contributed by atoms with E-state index in [-0.39, 0.29) is 24.2 Å². The lowest BCUT2D eigenvalue weighted by Crippen LogP contribution is -2.38. The summed E-state index contributed by atoms with van der Waals surface area (Å²) in [7, 11) is 0. The summed E-state index contributed by atoms with van der Waals surface area (Å²) in [5.41, 5.74) is 0.167. The number of amides is 1. The molecule has 1 aromatic carbocycles. The molecule has 0 saturated carbocycles. The Morgan fingerprint density at radius 3 is 2.67 bits per heavy atom. The number of likely N-dealkylation sites (tertiary alicyclic amines) is 1. The SMILES string of the molecule is CC1C(C(=O)O)CCN1CC(=O)Nc1ccc(F)c(F)c1. The van der Waals surface area contributed by atoms with Crippen molar-refractivity contribution in [3.8, 4) is 0 Å². The molecule has 0 aliphatic carbocycles. The normalized spacial score (nSPS) is 22.2. The summed E-state index contributed by atoms with van der Waals surface area (Å²) in [6.07, 6.45) is 0.495. The molecule has 1 saturated heterocycles. The summed E-state index contributed by atoms with van der Waals surface area (Å²) in [5.74, 6) is -3.76. The highest BCUT2D eigenvalue weighted by Crippen LogP contribution is 2.24. The lowest BCUT2D eigenvalue weighted by atomic mass is 10.0. The van der Waals surface area contributed by atoms with Crippen molar-refractivity contribution in [2.24, 2.45) is 5.92 Å². The molecule has 0 aromatic heterocycles. The number of rotatable bonds is 4. The van der Waals surface area contributed by atoms with Crippen LogP contribution in [0.5, 0.6) is 0 Å². The highest BCUT2D eigenvalue weighted by Gasteiger charge is 2.36. The number of carbonyl (C=O) groups excluding carboxylic acids is 1. The number of carboxylic acid groups (broad SMARTS) is 1. The average molecular weight is 298 g/mol. The van der Waals surface area contributed by atoms with Crippen LogP contribution in [0.15, 0.2) is 18.2 Å². The molecule has 1 fully saturated rings. The average Bonchev–Trinajstić information content (AvgIpc) is 2.75. The molecule has 21 heavy (non-hydrogen) atoms. The van der Waals surface area contributed by atoms with Gasteiger partial charge in [0.25, 0.3) is 0 Å². The zero-order chi connectivity index (χ0) is 15.6. The molecule has 1 aromatic rings. The molecule has 2 atom stereocenters. The smallest absolute Gasteiger partial charge is 0.308 e. The van der Waals surface area contributed by atoms with Crippen molar-refractivity contribution < 1.29 is 23.5 Å². The van der Waals surface area contributed by atoms with Crippen LogP contribution in [0.1, 0.15) is 13.3 Å². The first kappa shape index (κ1) is 15.4. The van der Waals surface area contributed by atoms with Crippen molar-refractivity contribution in [3.05, 3.63) is 29.8 Å². The fourth-order valence-corrected chi connectivity index (χ4v) is 2.52. The summed E-state index contributed by atoms with van der Waals surface area (Å²) in [6, 6.07) is 2.87. The first-order valence-corrected chi connectivity index (χ1v) is 6.60. The number of hydrogen-bond donors (Lipinski definition) is 2. The second kappa shape index (κ2) is 6.17. The van der Waals surface area contributed by atoms with E-state index in [1.54, 1.807) is 11.8 Å². The van der Waals surface area contributed by atoms with E-state index in [1.165, 1.54) is 6.07 Å². The lowest BCUT2D eigenvalue weighted by molar-refractivity contribution is -0.142. The van der Waals surface area contributed by atoms with E-state index in [1.807, 2.05) is 0 Å². The van der Waals surface area contributed by atoms with Crippen LogP contribution in [-0.4, -0.2) is 41.0 Å². The van der Waals surface area contributed by atoms with Gasteiger partial charge in [-0.05, 0) is 32.0 Å². The molecule has 0 spiro atoms. The van der Waals surface area contributed by atoms with E-state index < -0.39 is 23.5 Å². The van der Waals surface area contributed by atoms with E-state index in [0.717, 1.165) is 12.1 Å². The molecule has 0 radical (unpaired) electrons. The Labute approximate surface area is 120 Å². The lowest BCUT2D eigenvalue weighted by Gasteiger charge is -2.22. The largest absolute Gasteiger partial charge is 0.481 e. The van der Waals surface area contributed by atoms with Crippen LogP contribution in [0.3, 0.4) is 0 Å². The maximum Gasteiger partial charge on any atom is 0.308 e. The number of nitrogens with zero attached hydrogens (tertiary/aromatic N) is 1. The van der Waals surface area contributed by atoms with Crippen LogP contribution in [0.4, 0.5) is 14.5 Å². The molecule has 2 N–H and O–H groups in total. The van der Waals surface area contributed by atoms with Gasteiger partial charge in [0, 0.05) is 17.8 Å². The van der Waals surface area contributed by atoms with Crippen molar-refractivity contribution in [1.29, 1.82) is 0 Å². The van der Waals surface area contributed by atoms with Crippen LogP contribution in [0, 0.1) is 17.6 Å². The summed E-state index contributed by atoms with van der Waals surface area (Å²) in [6.45, 7) is 2.30. The van der Waals surface area contributed by atoms with Gasteiger partial charge >= 0.3 is 5.97 Å². The van der Waals surface area contributed by atoms with Crippen LogP contribution in [0.25, 0.3) is 0 Å². The molecule has 7 heteroatoms. The maximum absolute atomic E-state index is 13.0. The maximum atomic E-state index is 13.0. The number of hydrogen-bond acceptors (Lipinski definition) is 3. The van der Waals surface area contributed by atoms with Gasteiger partial charge in [0.15, 0.2) is 11.6 Å². The number of anilines is 1. The molecule has 1 aliphatic heterocycles. The fourth-order valence-electron chi connectivity index (χ4n) is 2.52. The third-order valence-corrected chi connectivity index (χ3v) is 3.75. The predicted octanol–water partition coefficient (Wildman–Crippen LogP) is 1.70. The molecule has 0 bridgehead atoms. The summed E-state index contributed by atoms with van der Waals surface area (Å²) < 4.78 is 25.8. The van der Waals surface area contributed by atoms with Crippen LogP contribution in [0.2, 0.25) is 0 Å². The summed E-state index contributed by atoms with van der Waals surface area (Å²) in [4.78, 5) is 24.6. The number of carbonyl (C=O) groups is 2. The number of halogens is 2. The number of benzene rings is 1. The van der Waals surface area contributed by atoms with Crippen molar-refractivity contribution >= 4 is 17.6 Å². The molecule has 1 heterocycles. The van der Waals surface area contributed by atoms with E-state index in [9.17, 15) is 18.4 Å². The Hall–Kier alpha value is -2.02. The van der Waals surface area contributed by atoms with Crippen molar-refractivity contribution in [1.82, 2.24) is 4.90 Å². The molecule has 114 valence electrons. The first-order chi connectivity index (χ1) is 9.88. The Kier molecular flexibility index (Phi) is 4.52. The zero-order valence-electron chi connectivity index (χ0n) is 11.5. The minimum Gasteiger partial charge on any atom is -0.481 e. The Morgan fingerprint density at radius 2 is 2.10 bits per heavy atom. The van der Waals surface area contributed by atoms with Gasteiger partial charge < -0.3 is 10.4 Å². The van der Waals surface area contributed by atoms with Crippen LogP contribution in [-0.2, 0) is 9.59 Å². The molecule has 2 rings (SSSR count). The standard InChI is InChI=1S/C14H16F2N2O3/c1-8-10(14(20)21)4-5-18(8)7-13(19)17-9-2-3-11(15)12(16)6-9/h2-3,6,8,10H,4-5,7H2,1H3,(H,17,19)(H,20,21). The fraction of sp³-hybridized carbons (Fsp3) is 0.429. The molecule has 2 unspecified atom stereocenters. The minimum absolute atomic E-state index is 0.0178. The third kappa shape index (κ3) is 3.55. The van der Waals surface area contributed by atoms with E-state index in [0.29, 0.717) is 13.0 Å². The van der Waals surface area contributed by atoms with Gasteiger partial charge in [0.2, 0.25) is 5.91 Å². The minimum atomic E-state index is -1.03. The zero-order valence-corrected chi connectivity index (χ0v) is 11.5. The second-order valence-electron chi connectivity index (χ2n) is 5.12. The van der Waals surface area contributed by atoms with Crippen molar-refractivity contribution in [3.63, 3.8) is 0 Å². The van der Waals surface area contributed by atoms with Gasteiger partial charge in [-0.15, -0.1) is 0 Å². The van der Waals surface area contributed by atoms with E-state index in [2.05, 4.69) is 5.32 Å². The summed E-state index contributed by atoms with van der Waals surface area (Å²) >= 11 is 0. The van der Waals surface area contributed by atoms with Gasteiger partial charge in [0.1, 0.15) is 0 Å². The predicted molar refractivity (Wildman–Crippen MR) is 71.8 cm³/mol. The Morgan fingerprint density at radius 1 is 1.38 bits per heavy atom. The van der Waals surface area contributed by atoms with Gasteiger partial charge in [-0.3, -0.25) is 14.5 Å². The van der Waals surface area contributed by atoms with Gasteiger partial charge in [0.05, 0.1) is 12.5 Å². The van der Waals surface area contributed by atoms with Crippen molar-refractivity contribution in [2.75, 3.05) is 18.4 Å². The Balaban J connectivity index is 1.93. The van der Waals surface area contributed by atoms with Crippen molar-refractivity contribution in [2.45, 2.75) is 19.4 Å². The summed E-state index contributed by atoms with van der Waals surface area (Å²) in [5, 5.41) is 11.5. The third-order valence-electron chi connectivity index (χ3n) is 3.75. The highest BCUT2D eigenvalue weighted by molar-refractivity contribution is 5.92.